The maximum Gasteiger partial charge on any atom is 0.269 e. The minimum atomic E-state index is -0.171. The predicted molar refractivity (Wildman–Crippen MR) is 65.5 cm³/mol. The third-order valence-electron chi connectivity index (χ3n) is 2.22. The van der Waals surface area contributed by atoms with Crippen molar-refractivity contribution in [3.63, 3.8) is 0 Å². The molecule has 0 aliphatic rings. The average molecular weight is 222 g/mol. The molecule has 0 fully saturated rings. The minimum Gasteiger partial charge on any atom is -0.399 e. The molecular formula is C11H14N2OS. The number of aromatic nitrogens is 1. The van der Waals surface area contributed by atoms with Gasteiger partial charge in [0.05, 0.1) is 15.6 Å². The molecule has 80 valence electrons. The molecule has 0 bridgehead atoms. The first-order chi connectivity index (χ1) is 6.89. The van der Waals surface area contributed by atoms with Crippen LogP contribution in [0.2, 0.25) is 0 Å². The molecule has 0 saturated heterocycles. The highest BCUT2D eigenvalue weighted by Gasteiger charge is 2.18. The Morgan fingerprint density at radius 1 is 1.33 bits per heavy atom. The zero-order chi connectivity index (χ0) is 11.2. The van der Waals surface area contributed by atoms with Crippen molar-refractivity contribution in [3.8, 4) is 0 Å². The number of nitrogen functional groups attached to an aromatic ring is 1. The van der Waals surface area contributed by atoms with E-state index in [2.05, 4.69) is 0 Å². The fraction of sp³-hybridized carbons (Fsp3) is 0.364. The monoisotopic (exact) mass is 222 g/mol. The van der Waals surface area contributed by atoms with Gasteiger partial charge in [-0.3, -0.25) is 8.75 Å². The summed E-state index contributed by atoms with van der Waals surface area (Å²) >= 11 is 1.49. The van der Waals surface area contributed by atoms with Crippen LogP contribution in [0.5, 0.6) is 0 Å². The highest BCUT2D eigenvalue weighted by atomic mass is 32.1. The molecular weight excluding hydrogens is 208 g/mol. The molecule has 0 unspecified atom stereocenters. The van der Waals surface area contributed by atoms with E-state index in [0.29, 0.717) is 5.69 Å². The lowest BCUT2D eigenvalue weighted by Gasteiger charge is -2.17. The standard InChI is InChI=1S/C11H14N2OS/c1-11(2,3)13-10(14)8-6-7(12)4-5-9(8)15-13/h4-6H,12H2,1-3H3. The summed E-state index contributed by atoms with van der Waals surface area (Å²) in [5, 5.41) is 0.718. The van der Waals surface area contributed by atoms with Crippen LogP contribution in [0.3, 0.4) is 0 Å². The van der Waals surface area contributed by atoms with E-state index in [1.54, 1.807) is 10.0 Å². The Hall–Kier alpha value is -1.29. The van der Waals surface area contributed by atoms with Crippen LogP contribution in [0, 0.1) is 0 Å². The second-order valence-corrected chi connectivity index (χ2v) is 5.60. The number of nitrogens with zero attached hydrogens (tertiary/aromatic N) is 1. The highest BCUT2D eigenvalue weighted by molar-refractivity contribution is 7.13. The molecule has 0 aliphatic heterocycles. The summed E-state index contributed by atoms with van der Waals surface area (Å²) in [5.74, 6) is 0. The van der Waals surface area contributed by atoms with Crippen LogP contribution in [-0.4, -0.2) is 3.96 Å². The molecule has 1 aromatic carbocycles. The minimum absolute atomic E-state index is 0.0507. The van der Waals surface area contributed by atoms with Gasteiger partial charge in [0.25, 0.3) is 5.56 Å². The van der Waals surface area contributed by atoms with E-state index < -0.39 is 0 Å². The smallest absolute Gasteiger partial charge is 0.269 e. The number of benzene rings is 1. The SMILES string of the molecule is CC(C)(C)n1sc2ccc(N)cc2c1=O. The predicted octanol–water partition coefficient (Wildman–Crippen LogP) is 2.40. The fourth-order valence-corrected chi connectivity index (χ4v) is 2.51. The molecule has 4 heteroatoms. The Kier molecular flexibility index (Phi) is 2.12. The van der Waals surface area contributed by atoms with Gasteiger partial charge in [-0.2, -0.15) is 0 Å². The quantitative estimate of drug-likeness (QED) is 0.696. The van der Waals surface area contributed by atoms with Crippen molar-refractivity contribution in [2.45, 2.75) is 26.3 Å². The van der Waals surface area contributed by atoms with Crippen LogP contribution in [0.15, 0.2) is 23.0 Å². The van der Waals surface area contributed by atoms with Gasteiger partial charge in [0.1, 0.15) is 0 Å². The van der Waals surface area contributed by atoms with Crippen molar-refractivity contribution in [3.05, 3.63) is 28.6 Å². The van der Waals surface area contributed by atoms with Crippen LogP contribution < -0.4 is 11.3 Å². The van der Waals surface area contributed by atoms with E-state index in [-0.39, 0.29) is 11.1 Å². The number of fused-ring (bicyclic) bond motifs is 1. The second kappa shape index (κ2) is 3.10. The Labute approximate surface area is 92.3 Å². The summed E-state index contributed by atoms with van der Waals surface area (Å²) in [6.07, 6.45) is 0. The zero-order valence-electron chi connectivity index (χ0n) is 9.07. The van der Waals surface area contributed by atoms with Gasteiger partial charge in [-0.15, -0.1) is 0 Å². The third-order valence-corrected chi connectivity index (χ3v) is 3.67. The van der Waals surface area contributed by atoms with Crippen LogP contribution >= 0.6 is 11.5 Å². The Morgan fingerprint density at radius 2 is 2.00 bits per heavy atom. The number of nitrogens with two attached hydrogens (primary N) is 1. The van der Waals surface area contributed by atoms with E-state index in [1.807, 2.05) is 32.9 Å². The lowest BCUT2D eigenvalue weighted by atomic mass is 10.1. The first kappa shape index (κ1) is 10.2. The summed E-state index contributed by atoms with van der Waals surface area (Å²) in [5.41, 5.74) is 6.18. The van der Waals surface area contributed by atoms with Gasteiger partial charge in [0.15, 0.2) is 0 Å². The van der Waals surface area contributed by atoms with E-state index in [9.17, 15) is 4.79 Å². The van der Waals surface area contributed by atoms with Crippen LogP contribution in [0.25, 0.3) is 10.1 Å². The van der Waals surface area contributed by atoms with Crippen molar-refractivity contribution >= 4 is 27.3 Å². The van der Waals surface area contributed by atoms with E-state index in [0.717, 1.165) is 10.1 Å². The molecule has 0 aliphatic carbocycles. The first-order valence-corrected chi connectivity index (χ1v) is 5.59. The van der Waals surface area contributed by atoms with Gasteiger partial charge in [0.2, 0.25) is 0 Å². The molecule has 1 heterocycles. The van der Waals surface area contributed by atoms with Crippen LogP contribution in [0.1, 0.15) is 20.8 Å². The molecule has 2 N–H and O–H groups in total. The maximum absolute atomic E-state index is 12.0. The van der Waals surface area contributed by atoms with Gasteiger partial charge in [-0.1, -0.05) is 11.5 Å². The summed E-state index contributed by atoms with van der Waals surface area (Å²) in [6, 6.07) is 5.47. The molecule has 15 heavy (non-hydrogen) atoms. The average Bonchev–Trinajstić information content (AvgIpc) is 2.43. The number of anilines is 1. The fourth-order valence-electron chi connectivity index (χ4n) is 1.49. The highest BCUT2D eigenvalue weighted by Crippen LogP contribution is 2.24. The van der Waals surface area contributed by atoms with Crippen molar-refractivity contribution in [1.29, 1.82) is 0 Å². The van der Waals surface area contributed by atoms with E-state index in [1.165, 1.54) is 11.5 Å². The Balaban J connectivity index is 2.82. The van der Waals surface area contributed by atoms with Crippen molar-refractivity contribution < 1.29 is 0 Å². The molecule has 2 rings (SSSR count). The van der Waals surface area contributed by atoms with E-state index in [4.69, 9.17) is 5.73 Å². The molecule has 0 radical (unpaired) electrons. The summed E-state index contributed by atoms with van der Waals surface area (Å²) < 4.78 is 2.78. The zero-order valence-corrected chi connectivity index (χ0v) is 9.89. The topological polar surface area (TPSA) is 48.0 Å². The van der Waals surface area contributed by atoms with Crippen molar-refractivity contribution in [2.75, 3.05) is 5.73 Å². The molecule has 0 spiro atoms. The number of hydrogen-bond donors (Lipinski definition) is 1. The lowest BCUT2D eigenvalue weighted by molar-refractivity contribution is 0.420. The van der Waals surface area contributed by atoms with Gasteiger partial charge < -0.3 is 5.73 Å². The summed E-state index contributed by atoms with van der Waals surface area (Å²) in [7, 11) is 0. The van der Waals surface area contributed by atoms with Gasteiger partial charge >= 0.3 is 0 Å². The molecule has 1 aromatic heterocycles. The first-order valence-electron chi connectivity index (χ1n) is 4.81. The molecule has 3 nitrogen and oxygen atoms in total. The summed E-state index contributed by atoms with van der Waals surface area (Å²) in [4.78, 5) is 12.0. The van der Waals surface area contributed by atoms with Gasteiger partial charge in [0, 0.05) is 5.69 Å². The van der Waals surface area contributed by atoms with Crippen LogP contribution in [-0.2, 0) is 5.54 Å². The normalized spacial score (nSPS) is 12.2. The third kappa shape index (κ3) is 1.65. The lowest BCUT2D eigenvalue weighted by Crippen LogP contribution is -2.29. The van der Waals surface area contributed by atoms with Gasteiger partial charge in [-0.05, 0) is 39.0 Å². The van der Waals surface area contributed by atoms with Crippen molar-refractivity contribution in [1.82, 2.24) is 3.96 Å². The molecule has 2 aromatic rings. The second-order valence-electron chi connectivity index (χ2n) is 4.62. The number of hydrogen-bond acceptors (Lipinski definition) is 3. The Morgan fingerprint density at radius 3 is 2.60 bits per heavy atom. The van der Waals surface area contributed by atoms with Gasteiger partial charge in [-0.25, -0.2) is 0 Å². The maximum atomic E-state index is 12.0. The molecule has 0 saturated carbocycles. The Bertz CT molecular complexity index is 560. The largest absolute Gasteiger partial charge is 0.399 e. The summed E-state index contributed by atoms with van der Waals surface area (Å²) in [6.45, 7) is 6.06. The van der Waals surface area contributed by atoms with E-state index >= 15 is 0 Å². The molecule has 0 atom stereocenters. The van der Waals surface area contributed by atoms with Crippen LogP contribution in [0.4, 0.5) is 5.69 Å². The van der Waals surface area contributed by atoms with Crippen molar-refractivity contribution in [2.24, 2.45) is 0 Å². The molecule has 0 amide bonds. The number of rotatable bonds is 0.